The average molecular weight is 235 g/mol. The van der Waals surface area contributed by atoms with Crippen LogP contribution < -0.4 is 5.73 Å². The summed E-state index contributed by atoms with van der Waals surface area (Å²) in [5.74, 6) is 0. The first-order chi connectivity index (χ1) is 8.83. The summed E-state index contributed by atoms with van der Waals surface area (Å²) in [5.41, 5.74) is 9.74. The topological polar surface area (TPSA) is 43.8 Å². The molecule has 0 aliphatic heterocycles. The van der Waals surface area contributed by atoms with Crippen molar-refractivity contribution in [2.75, 3.05) is 5.73 Å². The Bertz CT molecular complexity index is 656. The van der Waals surface area contributed by atoms with E-state index in [1.54, 1.807) is 0 Å². The molecule has 0 spiro atoms. The van der Waals surface area contributed by atoms with Crippen molar-refractivity contribution in [1.82, 2.24) is 9.78 Å². The molecule has 0 saturated carbocycles. The summed E-state index contributed by atoms with van der Waals surface area (Å²) in [6, 6.07) is 17.8. The maximum atomic E-state index is 5.79. The van der Waals surface area contributed by atoms with Crippen LogP contribution in [0.25, 0.3) is 16.8 Å². The number of para-hydroxylation sites is 1. The van der Waals surface area contributed by atoms with Gasteiger partial charge < -0.3 is 5.73 Å². The number of nitrogen functional groups attached to an aromatic ring is 1. The zero-order valence-electron chi connectivity index (χ0n) is 9.82. The molecule has 3 heteroatoms. The molecular weight excluding hydrogens is 222 g/mol. The van der Waals surface area contributed by atoms with Crippen LogP contribution in [0.3, 0.4) is 0 Å². The molecule has 0 fully saturated rings. The van der Waals surface area contributed by atoms with Crippen LogP contribution in [0.5, 0.6) is 0 Å². The van der Waals surface area contributed by atoms with Gasteiger partial charge in [-0.1, -0.05) is 30.3 Å². The molecule has 1 aromatic heterocycles. The van der Waals surface area contributed by atoms with E-state index in [0.717, 1.165) is 22.5 Å². The molecule has 0 unspecified atom stereocenters. The SMILES string of the molecule is Nc1cccc(-c2cnn(-c3ccccc3)c2)c1. The standard InChI is InChI=1S/C15H13N3/c16-14-6-4-5-12(9-14)13-10-17-18(11-13)15-7-2-1-3-8-15/h1-11H,16H2. The van der Waals surface area contributed by atoms with Crippen molar-refractivity contribution in [2.45, 2.75) is 0 Å². The number of hydrogen-bond donors (Lipinski definition) is 1. The minimum absolute atomic E-state index is 0.764. The molecule has 0 aliphatic rings. The minimum Gasteiger partial charge on any atom is -0.399 e. The Kier molecular flexibility index (Phi) is 2.57. The lowest BCUT2D eigenvalue weighted by Crippen LogP contribution is -1.92. The molecule has 0 amide bonds. The third-order valence-electron chi connectivity index (χ3n) is 2.82. The fourth-order valence-corrected chi connectivity index (χ4v) is 1.91. The summed E-state index contributed by atoms with van der Waals surface area (Å²) < 4.78 is 1.86. The van der Waals surface area contributed by atoms with Crippen LogP contribution in [0.1, 0.15) is 0 Å². The lowest BCUT2D eigenvalue weighted by molar-refractivity contribution is 0.881. The van der Waals surface area contributed by atoms with Crippen molar-refractivity contribution in [2.24, 2.45) is 0 Å². The molecule has 2 aromatic carbocycles. The predicted octanol–water partition coefficient (Wildman–Crippen LogP) is 3.12. The molecule has 0 saturated heterocycles. The third kappa shape index (κ3) is 1.98. The largest absolute Gasteiger partial charge is 0.399 e. The van der Waals surface area contributed by atoms with Crippen LogP contribution in [-0.4, -0.2) is 9.78 Å². The van der Waals surface area contributed by atoms with E-state index in [2.05, 4.69) is 5.10 Å². The summed E-state index contributed by atoms with van der Waals surface area (Å²) in [4.78, 5) is 0. The van der Waals surface area contributed by atoms with Gasteiger partial charge in [0, 0.05) is 17.4 Å². The van der Waals surface area contributed by atoms with Crippen LogP contribution in [0, 0.1) is 0 Å². The van der Waals surface area contributed by atoms with Crippen LogP contribution in [0.2, 0.25) is 0 Å². The first kappa shape index (κ1) is 10.6. The van der Waals surface area contributed by atoms with Gasteiger partial charge >= 0.3 is 0 Å². The first-order valence-electron chi connectivity index (χ1n) is 5.79. The number of benzene rings is 2. The van der Waals surface area contributed by atoms with Gasteiger partial charge in [-0.15, -0.1) is 0 Å². The summed E-state index contributed by atoms with van der Waals surface area (Å²) in [7, 11) is 0. The van der Waals surface area contributed by atoms with Gasteiger partial charge in [-0.2, -0.15) is 5.10 Å². The highest BCUT2D eigenvalue weighted by Crippen LogP contribution is 2.21. The van der Waals surface area contributed by atoms with Gasteiger partial charge in [0.15, 0.2) is 0 Å². The van der Waals surface area contributed by atoms with Gasteiger partial charge in [-0.25, -0.2) is 4.68 Å². The monoisotopic (exact) mass is 235 g/mol. The Balaban J connectivity index is 2.00. The first-order valence-corrected chi connectivity index (χ1v) is 5.79. The molecular formula is C15H13N3. The number of nitrogens with two attached hydrogens (primary N) is 1. The second-order valence-electron chi connectivity index (χ2n) is 4.13. The number of rotatable bonds is 2. The number of anilines is 1. The molecule has 2 N–H and O–H groups in total. The predicted molar refractivity (Wildman–Crippen MR) is 73.4 cm³/mol. The van der Waals surface area contributed by atoms with E-state index < -0.39 is 0 Å². The molecule has 0 radical (unpaired) electrons. The highest BCUT2D eigenvalue weighted by Gasteiger charge is 2.03. The molecule has 3 nitrogen and oxygen atoms in total. The minimum atomic E-state index is 0.764. The summed E-state index contributed by atoms with van der Waals surface area (Å²) in [6.07, 6.45) is 3.85. The van der Waals surface area contributed by atoms with Gasteiger partial charge in [-0.05, 0) is 29.8 Å². The van der Waals surface area contributed by atoms with Crippen molar-refractivity contribution in [1.29, 1.82) is 0 Å². The van der Waals surface area contributed by atoms with Crippen molar-refractivity contribution in [3.63, 3.8) is 0 Å². The third-order valence-corrected chi connectivity index (χ3v) is 2.82. The van der Waals surface area contributed by atoms with Crippen LogP contribution >= 0.6 is 0 Å². The van der Waals surface area contributed by atoms with Crippen molar-refractivity contribution < 1.29 is 0 Å². The zero-order valence-corrected chi connectivity index (χ0v) is 9.82. The Labute approximate surface area is 105 Å². The lowest BCUT2D eigenvalue weighted by Gasteiger charge is -2.00. The normalized spacial score (nSPS) is 10.4. The van der Waals surface area contributed by atoms with E-state index in [9.17, 15) is 0 Å². The summed E-state index contributed by atoms with van der Waals surface area (Å²) in [5, 5.41) is 4.37. The average Bonchev–Trinajstić information content (AvgIpc) is 2.89. The van der Waals surface area contributed by atoms with Gasteiger partial charge in [0.05, 0.1) is 11.9 Å². The maximum Gasteiger partial charge on any atom is 0.0645 e. The molecule has 18 heavy (non-hydrogen) atoms. The lowest BCUT2D eigenvalue weighted by atomic mass is 10.1. The van der Waals surface area contributed by atoms with Crippen LogP contribution in [0.4, 0.5) is 5.69 Å². The van der Waals surface area contributed by atoms with Gasteiger partial charge in [0.1, 0.15) is 0 Å². The van der Waals surface area contributed by atoms with Crippen molar-refractivity contribution in [3.05, 3.63) is 67.0 Å². The van der Waals surface area contributed by atoms with E-state index >= 15 is 0 Å². The maximum absolute atomic E-state index is 5.79. The summed E-state index contributed by atoms with van der Waals surface area (Å²) >= 11 is 0. The van der Waals surface area contributed by atoms with Crippen LogP contribution in [-0.2, 0) is 0 Å². The molecule has 3 aromatic rings. The Morgan fingerprint density at radius 2 is 1.72 bits per heavy atom. The quantitative estimate of drug-likeness (QED) is 0.693. The Hall–Kier alpha value is -2.55. The Morgan fingerprint density at radius 3 is 2.50 bits per heavy atom. The Morgan fingerprint density at radius 1 is 0.889 bits per heavy atom. The molecule has 88 valence electrons. The highest BCUT2D eigenvalue weighted by atomic mass is 15.3. The van der Waals surface area contributed by atoms with E-state index in [1.165, 1.54) is 0 Å². The zero-order chi connectivity index (χ0) is 12.4. The highest BCUT2D eigenvalue weighted by molar-refractivity contribution is 5.66. The molecule has 0 aliphatic carbocycles. The van der Waals surface area contributed by atoms with Crippen molar-refractivity contribution >= 4 is 5.69 Å². The molecule has 3 rings (SSSR count). The second-order valence-corrected chi connectivity index (χ2v) is 4.13. The van der Waals surface area contributed by atoms with E-state index in [4.69, 9.17) is 5.73 Å². The van der Waals surface area contributed by atoms with E-state index in [1.807, 2.05) is 71.7 Å². The van der Waals surface area contributed by atoms with Gasteiger partial charge in [-0.3, -0.25) is 0 Å². The number of hydrogen-bond acceptors (Lipinski definition) is 2. The number of nitrogens with zero attached hydrogens (tertiary/aromatic N) is 2. The molecule has 1 heterocycles. The fraction of sp³-hybridized carbons (Fsp3) is 0. The number of aromatic nitrogens is 2. The van der Waals surface area contributed by atoms with E-state index in [0.29, 0.717) is 0 Å². The van der Waals surface area contributed by atoms with Crippen molar-refractivity contribution in [3.8, 4) is 16.8 Å². The summed E-state index contributed by atoms with van der Waals surface area (Å²) in [6.45, 7) is 0. The molecule has 0 atom stereocenters. The van der Waals surface area contributed by atoms with E-state index in [-0.39, 0.29) is 0 Å². The second kappa shape index (κ2) is 4.37. The molecule has 0 bridgehead atoms. The van der Waals surface area contributed by atoms with Gasteiger partial charge in [0.2, 0.25) is 0 Å². The van der Waals surface area contributed by atoms with Gasteiger partial charge in [0.25, 0.3) is 0 Å². The van der Waals surface area contributed by atoms with Crippen LogP contribution in [0.15, 0.2) is 67.0 Å². The smallest absolute Gasteiger partial charge is 0.0645 e. The fourth-order valence-electron chi connectivity index (χ4n) is 1.91.